The van der Waals surface area contributed by atoms with E-state index < -0.39 is 241 Å². The zero-order valence-corrected chi connectivity index (χ0v) is 79.2. The number of unbranched alkanes of at least 4 members (excludes halogenated alkanes) is 3. The first kappa shape index (κ1) is 107. The molecule has 0 spiro atoms. The van der Waals surface area contributed by atoms with Crippen molar-refractivity contribution in [2.24, 2.45) is 22.9 Å². The molecule has 744 valence electrons. The minimum Gasteiger partial charge on any atom is -0.508 e. The van der Waals surface area contributed by atoms with Gasteiger partial charge in [-0.25, -0.2) is 4.98 Å². The Morgan fingerprint density at radius 2 is 1.14 bits per heavy atom. The number of aromatic hydroxyl groups is 1. The molecule has 3 aliphatic rings. The second-order valence-electron chi connectivity index (χ2n) is 34.5. The molecule has 3 aromatic carbocycles. The molecule has 9 rings (SSSR count). The molecule has 44 nitrogen and oxygen atoms in total. The topological polar surface area (TPSA) is 672 Å². The molecule has 0 radical (unpaired) electrons. The van der Waals surface area contributed by atoms with Gasteiger partial charge in [0.1, 0.15) is 90.3 Å². The lowest BCUT2D eigenvalue weighted by atomic mass is 10.00. The number of hydrogen-bond donors (Lipinski definition) is 21. The third-order valence-corrected chi connectivity index (χ3v) is 26.5. The molecule has 0 unspecified atom stereocenters. The van der Waals surface area contributed by atoms with E-state index in [0.717, 1.165) is 41.0 Å². The molecule has 0 saturated carbocycles. The van der Waals surface area contributed by atoms with Crippen molar-refractivity contribution >= 4 is 150 Å². The summed E-state index contributed by atoms with van der Waals surface area (Å²) in [7, 11) is 3.91. The van der Waals surface area contributed by atoms with Crippen LogP contribution in [0.2, 0.25) is 0 Å². The van der Waals surface area contributed by atoms with Gasteiger partial charge in [0, 0.05) is 107 Å². The standard InChI is InChI=1S/C91H128N24O20S2/c1-7-9-24-69-83(128)103-60(23-17-33-98-91(95)96)79(124)110-68(78(123)100-43-75(94)120)47-136-48-76(121)102-64(35-51-28-30-55(117)31-29-51)86(131)111(4)50(3)77(122)107-66(40-74(93)119)89(134)114-34-18-26-70(114)84(129)106-63(38-54-42-97-49-101-54)81(126)104-61(22-15-16-32-92)88(133)115-44-56(118)39-72(115)85(130)105-62(36-52-41-99-59-21-13-11-19-57(52)59)80(125)109-67(45-116)82(127)108-65(37-53-46-137-73-27-14-12-20-58(53)73)87(132)113(6)71(25-10-8-2)90(135)112(69)5/h11-14,19-21,27-31,41-42,46,49-50,56,60-72,99,116-118H,7-10,15-18,22-26,32-40,43-45,47-48,92H2,1-6H3,(H2,93,119)(H2,94,120)(H,97,101)(H,100,123)(H,102,121)(H,103,128)(H,104,126)(H,105,130)(H,106,129)(H,107,122)(H,108,127)(H,109,125)(H,110,124)(H4,95,96,98)/t50-,56+,60-,61-,62-,63-,64-,65-,66-,67-,68-,69-,70-,71-,72-/m0/s1. The Hall–Kier alpha value is -13.3. The van der Waals surface area contributed by atoms with Crippen LogP contribution in [0.25, 0.3) is 21.0 Å². The van der Waals surface area contributed by atoms with Gasteiger partial charge in [-0.3, -0.25) is 86.9 Å². The molecule has 3 fully saturated rings. The fraction of sp³-hybridized carbons (Fsp3) is 0.527. The maximum Gasteiger partial charge on any atom is 0.246 e. The first-order chi connectivity index (χ1) is 65.4. The second-order valence-corrected chi connectivity index (χ2v) is 36.5. The predicted molar refractivity (Wildman–Crippen MR) is 507 cm³/mol. The van der Waals surface area contributed by atoms with Crippen molar-refractivity contribution in [3.8, 4) is 5.75 Å². The van der Waals surface area contributed by atoms with Crippen molar-refractivity contribution in [1.29, 1.82) is 5.41 Å². The zero-order valence-electron chi connectivity index (χ0n) is 77.6. The number of nitrogens with one attached hydrogen (secondary N) is 14. The van der Waals surface area contributed by atoms with Crippen LogP contribution in [0.1, 0.15) is 139 Å². The minimum absolute atomic E-state index is 0.00812. The lowest BCUT2D eigenvalue weighted by molar-refractivity contribution is -0.149. The van der Waals surface area contributed by atoms with Crippen molar-refractivity contribution in [2.45, 2.75) is 233 Å². The highest BCUT2D eigenvalue weighted by Crippen LogP contribution is 2.30. The number of aromatic amines is 2. The van der Waals surface area contributed by atoms with Gasteiger partial charge in [0.05, 0.1) is 43.5 Å². The van der Waals surface area contributed by atoms with Crippen LogP contribution in [0.15, 0.2) is 96.9 Å². The van der Waals surface area contributed by atoms with Crippen molar-refractivity contribution in [1.82, 2.24) is 97.9 Å². The summed E-state index contributed by atoms with van der Waals surface area (Å²) in [6.45, 7) is 2.63. The summed E-state index contributed by atoms with van der Waals surface area (Å²) in [6.07, 6.45) is 2.53. The molecule has 3 aromatic heterocycles. The van der Waals surface area contributed by atoms with E-state index in [1.807, 2.05) is 32.0 Å². The molecular weight excluding hydrogens is 1810 g/mol. The quantitative estimate of drug-likeness (QED) is 0.0131. The molecule has 0 aliphatic carbocycles. The van der Waals surface area contributed by atoms with Gasteiger partial charge in [-0.05, 0) is 123 Å². The highest BCUT2D eigenvalue weighted by Gasteiger charge is 2.47. The Bertz CT molecular complexity index is 5250. The molecule has 3 saturated heterocycles. The number of fused-ring (bicyclic) bond motifs is 4. The van der Waals surface area contributed by atoms with Crippen molar-refractivity contribution < 1.29 is 96.8 Å². The molecule has 137 heavy (non-hydrogen) atoms. The van der Waals surface area contributed by atoms with Gasteiger partial charge < -0.3 is 131 Å². The summed E-state index contributed by atoms with van der Waals surface area (Å²) in [4.78, 5) is 267. The van der Waals surface area contributed by atoms with Gasteiger partial charge in [-0.2, -0.15) is 0 Å². The Labute approximate surface area is 799 Å². The van der Waals surface area contributed by atoms with Gasteiger partial charge >= 0.3 is 0 Å². The van der Waals surface area contributed by atoms with Gasteiger partial charge in [0.25, 0.3) is 0 Å². The lowest BCUT2D eigenvalue weighted by Crippen LogP contribution is -2.61. The van der Waals surface area contributed by atoms with Crippen LogP contribution >= 0.6 is 23.1 Å². The van der Waals surface area contributed by atoms with E-state index in [4.69, 9.17) is 28.3 Å². The summed E-state index contributed by atoms with van der Waals surface area (Å²) in [5.74, 6) is -17.8. The Morgan fingerprint density at radius 1 is 0.555 bits per heavy atom. The van der Waals surface area contributed by atoms with Gasteiger partial charge in [-0.1, -0.05) is 88.1 Å². The molecule has 25 N–H and O–H groups in total. The molecular formula is C91H128N24O20S2. The normalized spacial score (nSPS) is 24.5. The zero-order chi connectivity index (χ0) is 99.9. The van der Waals surface area contributed by atoms with Gasteiger partial charge in [-0.15, -0.1) is 23.1 Å². The first-order valence-corrected chi connectivity index (χ1v) is 47.9. The number of aromatic nitrogens is 3. The number of nitrogens with two attached hydrogens (primary N) is 4. The number of carbonyl (C=O) groups excluding carboxylic acids is 17. The number of H-pyrrole nitrogens is 2. The van der Waals surface area contributed by atoms with E-state index in [-0.39, 0.29) is 108 Å². The van der Waals surface area contributed by atoms with Crippen LogP contribution in [0, 0.1) is 5.41 Å². The third kappa shape index (κ3) is 30.3. The number of phenolic OH excluding ortho intramolecular Hbond substituents is 1. The number of thioether (sulfide) groups is 1. The number of carbonyl (C=O) groups is 17. The van der Waals surface area contributed by atoms with Crippen LogP contribution in [0.5, 0.6) is 5.75 Å². The van der Waals surface area contributed by atoms with E-state index >= 15 is 38.4 Å². The average Bonchev–Trinajstić information content (AvgIpc) is 1.77. The molecule has 15 atom stereocenters. The number of primary amides is 2. The lowest BCUT2D eigenvalue weighted by Gasteiger charge is -2.36. The predicted octanol–water partition coefficient (Wildman–Crippen LogP) is -3.11. The first-order valence-electron chi connectivity index (χ1n) is 45.8. The van der Waals surface area contributed by atoms with Crippen molar-refractivity contribution in [3.05, 3.63) is 119 Å². The SMILES string of the molecule is CCCC[C@H]1C(=O)N(C)[C@@H](CCCC)C(=O)N[C@@H](CCCNC(=N)N)C(=O)N[C@H](C(=O)NCC(N)=O)CSCC(=O)N[C@@H](Cc2ccc(O)cc2)C(=O)N(C)[C@@H](C)C(=O)N[C@@H](CC(N)=O)C(=O)N2CCC[C@H]2C(=O)N[C@@H](Cc2c[nH]cn2)C(=O)N[C@@H](CCCCN)C(=O)N2C[C@H](O)C[C@H]2C(=O)N[C@@H](Cc2c[nH]c3ccccc23)C(=O)N[C@@H](CO)C(=O)N[C@@H](Cc2csc3ccccc23)C(=O)N1C. The number of benzene rings is 3. The van der Waals surface area contributed by atoms with Crippen molar-refractivity contribution in [2.75, 3.05) is 72.0 Å². The van der Waals surface area contributed by atoms with E-state index in [1.54, 1.807) is 41.9 Å². The van der Waals surface area contributed by atoms with Crippen LogP contribution in [0.3, 0.4) is 0 Å². The van der Waals surface area contributed by atoms with E-state index in [2.05, 4.69) is 73.4 Å². The number of imidazole rings is 1. The van der Waals surface area contributed by atoms with Crippen LogP contribution in [-0.4, -0.2) is 324 Å². The Morgan fingerprint density at radius 3 is 1.80 bits per heavy atom. The van der Waals surface area contributed by atoms with Crippen LogP contribution in [-0.2, 0) is 107 Å². The largest absolute Gasteiger partial charge is 0.508 e. The van der Waals surface area contributed by atoms with Crippen LogP contribution in [0.4, 0.5) is 0 Å². The van der Waals surface area contributed by atoms with Gasteiger partial charge in [0.15, 0.2) is 5.96 Å². The number of aliphatic hydroxyl groups excluding tert-OH is 2. The van der Waals surface area contributed by atoms with E-state index in [0.29, 0.717) is 65.1 Å². The Balaban J connectivity index is 1.11. The number of thiophene rings is 1. The molecule has 17 amide bonds. The fourth-order valence-electron chi connectivity index (χ4n) is 16.7. The van der Waals surface area contributed by atoms with Crippen LogP contribution < -0.4 is 81.4 Å². The number of para-hydroxylation sites is 1. The molecule has 46 heteroatoms. The summed E-state index contributed by atoms with van der Waals surface area (Å²) >= 11 is 2.11. The van der Waals surface area contributed by atoms with E-state index in [9.17, 15) is 58.5 Å². The monoisotopic (exact) mass is 1940 g/mol. The molecule has 6 heterocycles. The number of aliphatic hydroxyl groups is 2. The minimum atomic E-state index is -1.89. The molecule has 6 aromatic rings. The number of phenols is 1. The maximum absolute atomic E-state index is 15.8. The maximum atomic E-state index is 15.8. The summed E-state index contributed by atoms with van der Waals surface area (Å²) < 4.78 is 0.808. The highest BCUT2D eigenvalue weighted by molar-refractivity contribution is 8.00. The smallest absolute Gasteiger partial charge is 0.246 e. The highest BCUT2D eigenvalue weighted by atomic mass is 32.2. The average molecular weight is 1940 g/mol. The summed E-state index contributed by atoms with van der Waals surface area (Å²) in [6, 6.07) is -2.18. The summed E-state index contributed by atoms with van der Waals surface area (Å²) in [5, 5.41) is 73.0. The van der Waals surface area contributed by atoms with E-state index in [1.165, 1.54) is 76.2 Å². The van der Waals surface area contributed by atoms with Gasteiger partial charge in [0.2, 0.25) is 100 Å². The number of guanidine groups is 1. The number of hydrogen-bond acceptors (Lipinski definition) is 25. The van der Waals surface area contributed by atoms with Crippen molar-refractivity contribution in [3.63, 3.8) is 0 Å². The number of rotatable bonds is 28. The number of likely N-dealkylation sites (N-methyl/N-ethyl adjacent to an activating group) is 3. The molecule has 3 aliphatic heterocycles. The number of amides is 17. The number of nitrogens with zero attached hydrogens (tertiary/aromatic N) is 6. The molecule has 0 bridgehead atoms. The summed E-state index contributed by atoms with van der Waals surface area (Å²) in [5.41, 5.74) is 25.1. The Kier molecular flexibility index (Phi) is 40.8. The second kappa shape index (κ2) is 52.1. The third-order valence-electron chi connectivity index (χ3n) is 24.4. The fourth-order valence-corrected chi connectivity index (χ4v) is 18.6.